The number of Topliss-reactive ketones (excluding diaryl/α,β-unsaturated/α-hetero) is 1. The highest BCUT2D eigenvalue weighted by atomic mass is 16.1. The molecule has 1 nitrogen and oxygen atoms in total. The van der Waals surface area contributed by atoms with E-state index in [4.69, 9.17) is 0 Å². The summed E-state index contributed by atoms with van der Waals surface area (Å²) in [5, 5.41) is 0. The van der Waals surface area contributed by atoms with Gasteiger partial charge in [0.25, 0.3) is 0 Å². The lowest BCUT2D eigenvalue weighted by atomic mass is 9.87. The summed E-state index contributed by atoms with van der Waals surface area (Å²) in [6.45, 7) is 12.5. The molecule has 0 aliphatic heterocycles. The van der Waals surface area contributed by atoms with Crippen LogP contribution in [0.2, 0.25) is 0 Å². The maximum atomic E-state index is 12.1. The Balaban J connectivity index is 3.45. The molecule has 1 aromatic carbocycles. The van der Waals surface area contributed by atoms with Crippen molar-refractivity contribution in [2.45, 2.75) is 54.4 Å². The summed E-state index contributed by atoms with van der Waals surface area (Å²) in [6.07, 6.45) is 1.58. The van der Waals surface area contributed by atoms with Crippen molar-refractivity contribution in [1.29, 1.82) is 0 Å². The number of benzene rings is 1. The zero-order valence-electron chi connectivity index (χ0n) is 11.3. The topological polar surface area (TPSA) is 17.1 Å². The lowest BCUT2D eigenvalue weighted by Crippen LogP contribution is -2.09. The van der Waals surface area contributed by atoms with Gasteiger partial charge in [0, 0.05) is 12.0 Å². The molecule has 0 atom stereocenters. The third kappa shape index (κ3) is 2.04. The molecule has 0 saturated carbocycles. The van der Waals surface area contributed by atoms with Crippen LogP contribution in [0.5, 0.6) is 0 Å². The molecule has 88 valence electrons. The van der Waals surface area contributed by atoms with Crippen molar-refractivity contribution < 1.29 is 4.79 Å². The highest BCUT2D eigenvalue weighted by molar-refractivity contribution is 5.99. The molecule has 0 aliphatic carbocycles. The van der Waals surface area contributed by atoms with Crippen LogP contribution in [0.4, 0.5) is 0 Å². The molecule has 0 amide bonds. The molecule has 0 heterocycles. The largest absolute Gasteiger partial charge is 0.294 e. The van der Waals surface area contributed by atoms with Gasteiger partial charge in [0.1, 0.15) is 0 Å². The number of hydrogen-bond donors (Lipinski definition) is 0. The molecule has 1 aromatic rings. The van der Waals surface area contributed by atoms with E-state index in [0.29, 0.717) is 12.2 Å². The minimum atomic E-state index is 0.295. The second-order valence-electron chi connectivity index (χ2n) is 4.67. The normalized spacial score (nSPS) is 10.6. The molecular formula is C15H22O. The molecule has 0 radical (unpaired) electrons. The van der Waals surface area contributed by atoms with Gasteiger partial charge in [0.05, 0.1) is 0 Å². The smallest absolute Gasteiger partial charge is 0.163 e. The van der Waals surface area contributed by atoms with Gasteiger partial charge in [-0.3, -0.25) is 4.79 Å². The standard InChI is InChI=1S/C15H22O/c1-7-8-14(16)15-12(5)10(3)9(2)11(4)13(15)6/h7-8H2,1-6H3. The summed E-state index contributed by atoms with van der Waals surface area (Å²) in [4.78, 5) is 12.1. The van der Waals surface area contributed by atoms with E-state index in [1.54, 1.807) is 0 Å². The fourth-order valence-electron chi connectivity index (χ4n) is 2.27. The lowest BCUT2D eigenvalue weighted by Gasteiger charge is -2.17. The van der Waals surface area contributed by atoms with E-state index in [-0.39, 0.29) is 0 Å². The van der Waals surface area contributed by atoms with E-state index in [1.165, 1.54) is 27.8 Å². The monoisotopic (exact) mass is 218 g/mol. The van der Waals surface area contributed by atoms with Gasteiger partial charge in [0.2, 0.25) is 0 Å². The van der Waals surface area contributed by atoms with Crippen LogP contribution in [0.3, 0.4) is 0 Å². The number of rotatable bonds is 3. The Bertz CT molecular complexity index is 399. The minimum absolute atomic E-state index is 0.295. The highest BCUT2D eigenvalue weighted by Gasteiger charge is 2.16. The zero-order chi connectivity index (χ0) is 12.5. The van der Waals surface area contributed by atoms with Crippen molar-refractivity contribution in [2.24, 2.45) is 0 Å². The van der Waals surface area contributed by atoms with Crippen LogP contribution in [0.15, 0.2) is 0 Å². The van der Waals surface area contributed by atoms with Crippen LogP contribution in [0.25, 0.3) is 0 Å². The van der Waals surface area contributed by atoms with Crippen molar-refractivity contribution in [3.63, 3.8) is 0 Å². The Morgan fingerprint density at radius 2 is 1.19 bits per heavy atom. The van der Waals surface area contributed by atoms with Gasteiger partial charge in [-0.2, -0.15) is 0 Å². The quantitative estimate of drug-likeness (QED) is 0.694. The molecule has 0 bridgehead atoms. The Morgan fingerprint density at radius 3 is 1.56 bits per heavy atom. The van der Waals surface area contributed by atoms with E-state index in [0.717, 1.165) is 12.0 Å². The van der Waals surface area contributed by atoms with Crippen LogP contribution in [0, 0.1) is 34.6 Å². The van der Waals surface area contributed by atoms with E-state index in [2.05, 4.69) is 41.5 Å². The molecule has 0 aromatic heterocycles. The first-order chi connectivity index (χ1) is 7.41. The summed E-state index contributed by atoms with van der Waals surface area (Å²) in [7, 11) is 0. The maximum Gasteiger partial charge on any atom is 0.163 e. The summed E-state index contributed by atoms with van der Waals surface area (Å²) in [5.41, 5.74) is 7.15. The summed E-state index contributed by atoms with van der Waals surface area (Å²) in [6, 6.07) is 0. The molecule has 0 spiro atoms. The number of ketones is 1. The molecule has 0 aliphatic rings. The predicted octanol–water partition coefficient (Wildman–Crippen LogP) is 4.21. The third-order valence-electron chi connectivity index (χ3n) is 3.76. The van der Waals surface area contributed by atoms with Gasteiger partial charge in [-0.05, 0) is 68.9 Å². The fourth-order valence-corrected chi connectivity index (χ4v) is 2.27. The van der Waals surface area contributed by atoms with Gasteiger partial charge in [-0.1, -0.05) is 6.92 Å². The van der Waals surface area contributed by atoms with Crippen LogP contribution in [-0.4, -0.2) is 5.78 Å². The van der Waals surface area contributed by atoms with Crippen molar-refractivity contribution in [3.8, 4) is 0 Å². The lowest BCUT2D eigenvalue weighted by molar-refractivity contribution is 0.0980. The summed E-state index contributed by atoms with van der Waals surface area (Å²) < 4.78 is 0. The summed E-state index contributed by atoms with van der Waals surface area (Å²) >= 11 is 0. The van der Waals surface area contributed by atoms with Crippen molar-refractivity contribution in [3.05, 3.63) is 33.4 Å². The Hall–Kier alpha value is -1.11. The molecule has 1 heteroatoms. The van der Waals surface area contributed by atoms with Crippen molar-refractivity contribution in [2.75, 3.05) is 0 Å². The van der Waals surface area contributed by atoms with Crippen LogP contribution < -0.4 is 0 Å². The van der Waals surface area contributed by atoms with Gasteiger partial charge in [-0.15, -0.1) is 0 Å². The van der Waals surface area contributed by atoms with Crippen LogP contribution >= 0.6 is 0 Å². The van der Waals surface area contributed by atoms with Crippen molar-refractivity contribution in [1.82, 2.24) is 0 Å². The Labute approximate surface area is 98.9 Å². The molecular weight excluding hydrogens is 196 g/mol. The Morgan fingerprint density at radius 1 is 0.812 bits per heavy atom. The first kappa shape index (κ1) is 13.0. The molecule has 0 fully saturated rings. The SMILES string of the molecule is CCCC(=O)c1c(C)c(C)c(C)c(C)c1C. The number of hydrogen-bond acceptors (Lipinski definition) is 1. The molecule has 0 N–H and O–H groups in total. The second-order valence-corrected chi connectivity index (χ2v) is 4.67. The van der Waals surface area contributed by atoms with Gasteiger partial charge < -0.3 is 0 Å². The van der Waals surface area contributed by atoms with Crippen LogP contribution in [-0.2, 0) is 0 Å². The second kappa shape index (κ2) is 4.82. The van der Waals surface area contributed by atoms with Gasteiger partial charge >= 0.3 is 0 Å². The van der Waals surface area contributed by atoms with E-state index < -0.39 is 0 Å². The van der Waals surface area contributed by atoms with Gasteiger partial charge in [0.15, 0.2) is 5.78 Å². The maximum absolute atomic E-state index is 12.1. The predicted molar refractivity (Wildman–Crippen MR) is 69.4 cm³/mol. The van der Waals surface area contributed by atoms with E-state index in [1.807, 2.05) is 0 Å². The molecule has 0 saturated heterocycles. The third-order valence-corrected chi connectivity index (χ3v) is 3.76. The first-order valence-electron chi connectivity index (χ1n) is 6.01. The van der Waals surface area contributed by atoms with Gasteiger partial charge in [-0.25, -0.2) is 0 Å². The fraction of sp³-hybridized carbons (Fsp3) is 0.533. The van der Waals surface area contributed by atoms with E-state index >= 15 is 0 Å². The van der Waals surface area contributed by atoms with E-state index in [9.17, 15) is 4.79 Å². The first-order valence-corrected chi connectivity index (χ1v) is 6.01. The average molecular weight is 218 g/mol. The molecule has 0 unspecified atom stereocenters. The Kier molecular flexibility index (Phi) is 3.90. The van der Waals surface area contributed by atoms with Crippen molar-refractivity contribution >= 4 is 5.78 Å². The summed E-state index contributed by atoms with van der Waals surface area (Å²) in [5.74, 6) is 0.295. The molecule has 16 heavy (non-hydrogen) atoms. The zero-order valence-corrected chi connectivity index (χ0v) is 11.3. The minimum Gasteiger partial charge on any atom is -0.294 e. The number of carbonyl (C=O) groups is 1. The average Bonchev–Trinajstić information content (AvgIpc) is 2.24. The molecule has 1 rings (SSSR count). The van der Waals surface area contributed by atoms with Crippen LogP contribution in [0.1, 0.15) is 57.9 Å². The highest BCUT2D eigenvalue weighted by Crippen LogP contribution is 2.27. The number of carbonyl (C=O) groups excluding carboxylic acids is 1.